The molecule has 1 saturated heterocycles. The van der Waals surface area contributed by atoms with Crippen LogP contribution < -0.4 is 4.74 Å². The van der Waals surface area contributed by atoms with Gasteiger partial charge < -0.3 is 9.15 Å². The predicted octanol–water partition coefficient (Wildman–Crippen LogP) is 4.45. The fourth-order valence-electron chi connectivity index (χ4n) is 3.28. The smallest absolute Gasteiger partial charge is 0.257 e. The highest BCUT2D eigenvalue weighted by atomic mass is 32.1. The van der Waals surface area contributed by atoms with Crippen molar-refractivity contribution in [3.63, 3.8) is 0 Å². The van der Waals surface area contributed by atoms with E-state index in [0.717, 1.165) is 42.4 Å². The number of benzene rings is 1. The van der Waals surface area contributed by atoms with E-state index in [9.17, 15) is 0 Å². The highest BCUT2D eigenvalue weighted by molar-refractivity contribution is 7.15. The monoisotopic (exact) mass is 355 g/mol. The van der Waals surface area contributed by atoms with Crippen molar-refractivity contribution in [1.82, 2.24) is 15.1 Å². The lowest BCUT2D eigenvalue weighted by molar-refractivity contribution is 0.215. The first-order valence-electron chi connectivity index (χ1n) is 8.50. The third-order valence-electron chi connectivity index (χ3n) is 4.59. The Morgan fingerprint density at radius 3 is 2.76 bits per heavy atom. The highest BCUT2D eigenvalue weighted by Gasteiger charge is 2.30. The van der Waals surface area contributed by atoms with Crippen molar-refractivity contribution in [2.45, 2.75) is 32.4 Å². The first kappa shape index (κ1) is 16.3. The topological polar surface area (TPSA) is 51.4 Å². The van der Waals surface area contributed by atoms with Gasteiger partial charge in [-0.3, -0.25) is 4.90 Å². The molecule has 5 nitrogen and oxygen atoms in total. The second kappa shape index (κ2) is 6.98. The number of nitrogens with zero attached hydrogens (tertiary/aromatic N) is 3. The van der Waals surface area contributed by atoms with Crippen LogP contribution in [0.15, 0.2) is 40.8 Å². The van der Waals surface area contributed by atoms with E-state index < -0.39 is 0 Å². The van der Waals surface area contributed by atoms with E-state index in [0.29, 0.717) is 5.89 Å². The van der Waals surface area contributed by atoms with E-state index in [-0.39, 0.29) is 6.04 Å². The second-order valence-electron chi connectivity index (χ2n) is 6.33. The summed E-state index contributed by atoms with van der Waals surface area (Å²) in [5, 5.41) is 8.59. The summed E-state index contributed by atoms with van der Waals surface area (Å²) in [7, 11) is 1.69. The maximum atomic E-state index is 6.00. The van der Waals surface area contributed by atoms with Crippen LogP contribution in [0.25, 0.3) is 10.8 Å². The van der Waals surface area contributed by atoms with Crippen LogP contribution in [-0.2, 0) is 6.54 Å². The van der Waals surface area contributed by atoms with Gasteiger partial charge in [0.15, 0.2) is 0 Å². The molecule has 1 aliphatic rings. The zero-order valence-electron chi connectivity index (χ0n) is 14.4. The first-order valence-corrected chi connectivity index (χ1v) is 9.32. The highest BCUT2D eigenvalue weighted by Crippen LogP contribution is 2.35. The molecule has 4 rings (SSSR count). The maximum absolute atomic E-state index is 6.00. The zero-order chi connectivity index (χ0) is 17.2. The molecule has 1 unspecified atom stereocenters. The van der Waals surface area contributed by atoms with Crippen LogP contribution in [0.1, 0.15) is 35.2 Å². The number of aryl methyl sites for hydroxylation is 1. The Labute approximate surface area is 151 Å². The number of aromatic nitrogens is 2. The summed E-state index contributed by atoms with van der Waals surface area (Å²) < 4.78 is 11.2. The second-order valence-corrected chi connectivity index (χ2v) is 7.62. The van der Waals surface area contributed by atoms with Gasteiger partial charge in [-0.1, -0.05) is 12.1 Å². The van der Waals surface area contributed by atoms with Crippen molar-refractivity contribution in [1.29, 1.82) is 0 Å². The average Bonchev–Trinajstić information content (AvgIpc) is 3.35. The van der Waals surface area contributed by atoms with Gasteiger partial charge in [-0.05, 0) is 56.1 Å². The normalized spacial score (nSPS) is 17.9. The molecule has 1 aliphatic heterocycles. The van der Waals surface area contributed by atoms with Crippen molar-refractivity contribution >= 4 is 11.3 Å². The minimum absolute atomic E-state index is 0.199. The van der Waals surface area contributed by atoms with E-state index in [1.807, 2.05) is 18.2 Å². The van der Waals surface area contributed by atoms with E-state index in [1.54, 1.807) is 18.4 Å². The van der Waals surface area contributed by atoms with Gasteiger partial charge in [0.1, 0.15) is 5.75 Å². The van der Waals surface area contributed by atoms with Crippen molar-refractivity contribution in [2.24, 2.45) is 0 Å². The summed E-state index contributed by atoms with van der Waals surface area (Å²) in [6.07, 6.45) is 2.21. The molecule has 3 heterocycles. The SMILES string of the molecule is COc1ccc(CN2CCCC2c2nnc(-c3ccc(C)s3)o2)cc1. The zero-order valence-corrected chi connectivity index (χ0v) is 15.3. The third kappa shape index (κ3) is 3.45. The van der Waals surface area contributed by atoms with Gasteiger partial charge in [-0.2, -0.15) is 0 Å². The van der Waals surface area contributed by atoms with Gasteiger partial charge in [0, 0.05) is 11.4 Å². The van der Waals surface area contributed by atoms with E-state index in [2.05, 4.69) is 40.2 Å². The molecule has 0 radical (unpaired) electrons. The largest absolute Gasteiger partial charge is 0.497 e. The number of likely N-dealkylation sites (tertiary alicyclic amines) is 1. The molecule has 0 bridgehead atoms. The van der Waals surface area contributed by atoms with Crippen molar-refractivity contribution in [3.05, 3.63) is 52.7 Å². The molecule has 6 heteroatoms. The summed E-state index contributed by atoms with van der Waals surface area (Å²) in [5.41, 5.74) is 1.27. The molecular weight excluding hydrogens is 334 g/mol. The first-order chi connectivity index (χ1) is 12.2. The summed E-state index contributed by atoms with van der Waals surface area (Å²) in [5.74, 6) is 2.24. The van der Waals surface area contributed by atoms with Crippen molar-refractivity contribution in [2.75, 3.05) is 13.7 Å². The Kier molecular flexibility index (Phi) is 4.55. The van der Waals surface area contributed by atoms with Crippen LogP contribution in [0, 0.1) is 6.92 Å². The Morgan fingerprint density at radius 1 is 1.20 bits per heavy atom. The number of rotatable bonds is 5. The van der Waals surface area contributed by atoms with Gasteiger partial charge >= 0.3 is 0 Å². The lowest BCUT2D eigenvalue weighted by Crippen LogP contribution is -2.23. The predicted molar refractivity (Wildman–Crippen MR) is 97.7 cm³/mol. The molecule has 1 aromatic carbocycles. The van der Waals surface area contributed by atoms with Gasteiger partial charge in [0.05, 0.1) is 18.0 Å². The quantitative estimate of drug-likeness (QED) is 0.677. The van der Waals surface area contributed by atoms with Crippen LogP contribution in [0.3, 0.4) is 0 Å². The molecule has 0 spiro atoms. The molecule has 1 fully saturated rings. The number of hydrogen-bond acceptors (Lipinski definition) is 6. The van der Waals surface area contributed by atoms with Gasteiger partial charge in [0.25, 0.3) is 5.89 Å². The molecule has 0 saturated carbocycles. The minimum atomic E-state index is 0.199. The molecule has 130 valence electrons. The molecule has 25 heavy (non-hydrogen) atoms. The minimum Gasteiger partial charge on any atom is -0.497 e. The van der Waals surface area contributed by atoms with Gasteiger partial charge in [-0.15, -0.1) is 21.5 Å². The Bertz CT molecular complexity index is 840. The Balaban J connectivity index is 1.50. The third-order valence-corrected chi connectivity index (χ3v) is 5.57. The molecule has 1 atom stereocenters. The van der Waals surface area contributed by atoms with Gasteiger partial charge in [-0.25, -0.2) is 0 Å². The molecule has 0 amide bonds. The lowest BCUT2D eigenvalue weighted by atomic mass is 10.1. The fourth-order valence-corrected chi connectivity index (χ4v) is 4.07. The summed E-state index contributed by atoms with van der Waals surface area (Å²) in [6, 6.07) is 12.6. The maximum Gasteiger partial charge on any atom is 0.257 e. The number of hydrogen-bond donors (Lipinski definition) is 0. The summed E-state index contributed by atoms with van der Waals surface area (Å²) in [4.78, 5) is 4.70. The molecule has 2 aromatic heterocycles. The van der Waals surface area contributed by atoms with Crippen LogP contribution in [0.5, 0.6) is 5.75 Å². The van der Waals surface area contributed by atoms with E-state index in [1.165, 1.54) is 10.4 Å². The van der Waals surface area contributed by atoms with Crippen LogP contribution in [-0.4, -0.2) is 28.8 Å². The van der Waals surface area contributed by atoms with Crippen molar-refractivity contribution in [3.8, 4) is 16.5 Å². The molecule has 0 aliphatic carbocycles. The van der Waals surface area contributed by atoms with Gasteiger partial charge in [0.2, 0.25) is 5.89 Å². The molecule has 3 aromatic rings. The van der Waals surface area contributed by atoms with E-state index >= 15 is 0 Å². The summed E-state index contributed by atoms with van der Waals surface area (Å²) >= 11 is 1.68. The lowest BCUT2D eigenvalue weighted by Gasteiger charge is -2.21. The Hall–Kier alpha value is -2.18. The average molecular weight is 355 g/mol. The van der Waals surface area contributed by atoms with E-state index in [4.69, 9.17) is 9.15 Å². The molecule has 0 N–H and O–H groups in total. The molecular formula is C19H21N3O2S. The number of methoxy groups -OCH3 is 1. The Morgan fingerprint density at radius 2 is 2.04 bits per heavy atom. The van der Waals surface area contributed by atoms with Crippen molar-refractivity contribution < 1.29 is 9.15 Å². The standard InChI is InChI=1S/C19H21N3O2S/c1-13-5-10-17(25-13)19-21-20-18(24-19)16-4-3-11-22(16)12-14-6-8-15(23-2)9-7-14/h5-10,16H,3-4,11-12H2,1-2H3. The van der Waals surface area contributed by atoms with Crippen LogP contribution in [0.2, 0.25) is 0 Å². The van der Waals surface area contributed by atoms with Crippen LogP contribution >= 0.6 is 11.3 Å². The fraction of sp³-hybridized carbons (Fsp3) is 0.368. The van der Waals surface area contributed by atoms with Crippen LogP contribution in [0.4, 0.5) is 0 Å². The number of thiophene rings is 1. The summed E-state index contributed by atoms with van der Waals surface area (Å²) in [6.45, 7) is 4.01. The number of ether oxygens (including phenoxy) is 1.